The summed E-state index contributed by atoms with van der Waals surface area (Å²) in [6, 6.07) is 13.6. The number of carbonyl (C=O) groups excluding carboxylic acids is 2. The van der Waals surface area contributed by atoms with Crippen molar-refractivity contribution < 1.29 is 22.7 Å². The minimum atomic E-state index is -4.03. The van der Waals surface area contributed by atoms with Crippen molar-refractivity contribution in [1.82, 2.24) is 0 Å². The van der Waals surface area contributed by atoms with Gasteiger partial charge in [0.05, 0.1) is 16.6 Å². The van der Waals surface area contributed by atoms with Crippen LogP contribution in [0.5, 0.6) is 0 Å². The fourth-order valence-corrected chi connectivity index (χ4v) is 9.32. The van der Waals surface area contributed by atoms with E-state index in [0.717, 1.165) is 24.0 Å². The number of allylic oxidation sites excluding steroid dienone is 1. The van der Waals surface area contributed by atoms with Gasteiger partial charge in [0.15, 0.2) is 0 Å². The van der Waals surface area contributed by atoms with Crippen molar-refractivity contribution in [1.29, 1.82) is 0 Å². The van der Waals surface area contributed by atoms with Gasteiger partial charge >= 0.3 is 5.97 Å². The number of esters is 1. The van der Waals surface area contributed by atoms with Gasteiger partial charge in [0.25, 0.3) is 10.0 Å². The first-order valence-corrected chi connectivity index (χ1v) is 15.3. The van der Waals surface area contributed by atoms with E-state index in [4.69, 9.17) is 4.74 Å². The number of sulfonamides is 1. The summed E-state index contributed by atoms with van der Waals surface area (Å²) in [5.41, 5.74) is 1.70. The van der Waals surface area contributed by atoms with Gasteiger partial charge in [-0.2, -0.15) is 0 Å². The van der Waals surface area contributed by atoms with Crippen molar-refractivity contribution in [2.75, 3.05) is 4.31 Å². The molecule has 0 unspecified atom stereocenters. The topological polar surface area (TPSA) is 80.8 Å². The largest absolute Gasteiger partial charge is 0.459 e. The highest BCUT2D eigenvalue weighted by atomic mass is 32.2. The minimum absolute atomic E-state index is 0.0471. The lowest BCUT2D eigenvalue weighted by Gasteiger charge is -2.43. The summed E-state index contributed by atoms with van der Waals surface area (Å²) in [5.74, 6) is -1.87. The number of benzene rings is 2. The Morgan fingerprint density at radius 1 is 1.05 bits per heavy atom. The molecule has 0 heterocycles. The fraction of sp³-hybridized carbons (Fsp3) is 0.500. The number of ether oxygens (including phenoxy) is 1. The predicted octanol–water partition coefficient (Wildman–Crippen LogP) is 6.02. The molecule has 208 valence electrons. The van der Waals surface area contributed by atoms with E-state index in [-0.39, 0.29) is 27.9 Å². The number of ketones is 1. The van der Waals surface area contributed by atoms with Gasteiger partial charge in [-0.15, -0.1) is 6.58 Å². The van der Waals surface area contributed by atoms with Crippen molar-refractivity contribution >= 4 is 27.5 Å². The molecule has 3 aliphatic carbocycles. The fourth-order valence-electron chi connectivity index (χ4n) is 7.63. The molecule has 0 N–H and O–H groups in total. The third-order valence-electron chi connectivity index (χ3n) is 10.1. The number of anilines is 1. The van der Waals surface area contributed by atoms with Gasteiger partial charge in [-0.05, 0) is 85.8 Å². The van der Waals surface area contributed by atoms with Gasteiger partial charge in [-0.25, -0.2) is 8.42 Å². The average Bonchev–Trinajstić information content (AvgIpc) is 3.41. The first-order valence-electron chi connectivity index (χ1n) is 13.9. The zero-order chi connectivity index (χ0) is 28.3. The van der Waals surface area contributed by atoms with Crippen molar-refractivity contribution in [2.24, 2.45) is 28.6 Å². The molecule has 2 bridgehead atoms. The standard InChI is InChI=1S/C32H39NO5S/c1-7-22-13-14-26(34)27(22)30(35)38-29-28(25-15-16-32(29,6)31(25,4)5)33(23-18-20(2)17-21(3)19-23)39(36,37)24-11-9-8-10-12-24/h7-12,17-19,22,25,27-29H,1,13-16H2,2-6H3/t22-,25-,27+,28+,29+,32+/m1/s1. The molecule has 0 amide bonds. The molecule has 0 aromatic heterocycles. The minimum Gasteiger partial charge on any atom is -0.459 e. The smallest absolute Gasteiger partial charge is 0.317 e. The van der Waals surface area contributed by atoms with Crippen LogP contribution in [0, 0.1) is 42.4 Å². The van der Waals surface area contributed by atoms with Crippen molar-refractivity contribution in [3.63, 3.8) is 0 Å². The molecular formula is C32H39NO5S. The molecule has 6 atom stereocenters. The lowest BCUT2D eigenvalue weighted by molar-refractivity contribution is -0.164. The number of hydrogen-bond acceptors (Lipinski definition) is 5. The Morgan fingerprint density at radius 2 is 1.69 bits per heavy atom. The quantitative estimate of drug-likeness (QED) is 0.240. The maximum atomic E-state index is 14.5. The van der Waals surface area contributed by atoms with E-state index >= 15 is 0 Å². The van der Waals surface area contributed by atoms with Gasteiger partial charge in [0, 0.05) is 11.8 Å². The average molecular weight is 550 g/mol. The van der Waals surface area contributed by atoms with Gasteiger partial charge in [-0.1, -0.05) is 51.1 Å². The Kier molecular flexibility index (Phi) is 6.81. The van der Waals surface area contributed by atoms with Crippen LogP contribution in [-0.2, 0) is 24.3 Å². The number of fused-ring (bicyclic) bond motifs is 2. The van der Waals surface area contributed by atoms with E-state index in [1.54, 1.807) is 36.4 Å². The molecule has 5 rings (SSSR count). The van der Waals surface area contributed by atoms with Crippen LogP contribution in [0.3, 0.4) is 0 Å². The zero-order valence-electron chi connectivity index (χ0n) is 23.5. The Labute approximate surface area is 232 Å². The molecule has 0 aliphatic heterocycles. The molecule has 0 spiro atoms. The van der Waals surface area contributed by atoms with E-state index in [1.807, 2.05) is 32.0 Å². The SMILES string of the molecule is C=C[C@@H]1CCC(=O)[C@H]1C(=O)O[C@H]1[C@@H](N(c2cc(C)cc(C)c2)S(=O)(=O)c2ccccc2)[C@H]2CC[C@]1(C)C2(C)C. The number of Topliss-reactive ketones (excluding diaryl/α,β-unsaturated/α-hetero) is 1. The van der Waals surface area contributed by atoms with E-state index in [0.29, 0.717) is 18.5 Å². The Balaban J connectivity index is 1.67. The molecule has 3 fully saturated rings. The second-order valence-electron chi connectivity index (χ2n) is 12.5. The molecule has 0 radical (unpaired) electrons. The molecule has 6 nitrogen and oxygen atoms in total. The van der Waals surface area contributed by atoms with Crippen molar-refractivity contribution in [3.05, 3.63) is 72.3 Å². The molecule has 3 aliphatic rings. The number of nitrogens with zero attached hydrogens (tertiary/aromatic N) is 1. The highest BCUT2D eigenvalue weighted by molar-refractivity contribution is 7.92. The first-order chi connectivity index (χ1) is 18.3. The highest BCUT2D eigenvalue weighted by Crippen LogP contribution is 2.68. The lowest BCUT2D eigenvalue weighted by Crippen LogP contribution is -2.54. The lowest BCUT2D eigenvalue weighted by atomic mass is 9.70. The normalized spacial score (nSPS) is 31.3. The van der Waals surface area contributed by atoms with Crippen molar-refractivity contribution in [3.8, 4) is 0 Å². The molecule has 2 aromatic carbocycles. The third kappa shape index (κ3) is 4.24. The molecule has 7 heteroatoms. The summed E-state index contributed by atoms with van der Waals surface area (Å²) in [7, 11) is -4.03. The van der Waals surface area contributed by atoms with Crippen LogP contribution in [0.15, 0.2) is 66.1 Å². The number of rotatable bonds is 7. The summed E-state index contributed by atoms with van der Waals surface area (Å²) < 4.78 is 36.9. The van der Waals surface area contributed by atoms with E-state index in [2.05, 4.69) is 27.4 Å². The van der Waals surface area contributed by atoms with E-state index < -0.39 is 39.5 Å². The van der Waals surface area contributed by atoms with Crippen LogP contribution < -0.4 is 4.31 Å². The summed E-state index contributed by atoms with van der Waals surface area (Å²) in [4.78, 5) is 26.6. The number of hydrogen-bond donors (Lipinski definition) is 0. The van der Waals surface area contributed by atoms with E-state index in [1.165, 1.54) is 4.31 Å². The number of aryl methyl sites for hydroxylation is 2. The van der Waals surface area contributed by atoms with E-state index in [9.17, 15) is 18.0 Å². The Morgan fingerprint density at radius 3 is 2.31 bits per heavy atom. The van der Waals surface area contributed by atoms with Crippen LogP contribution in [-0.4, -0.2) is 32.3 Å². The van der Waals surface area contributed by atoms with Crippen LogP contribution in [0.1, 0.15) is 57.6 Å². The molecule has 3 saturated carbocycles. The molecule has 0 saturated heterocycles. The number of carbonyl (C=O) groups is 2. The maximum Gasteiger partial charge on any atom is 0.317 e. The second kappa shape index (κ2) is 9.61. The molecule has 39 heavy (non-hydrogen) atoms. The Bertz CT molecular complexity index is 1400. The van der Waals surface area contributed by atoms with Gasteiger partial charge < -0.3 is 4.74 Å². The molecular weight excluding hydrogens is 510 g/mol. The third-order valence-corrected chi connectivity index (χ3v) is 11.9. The first kappa shape index (κ1) is 27.6. The van der Waals surface area contributed by atoms with Crippen LogP contribution in [0.25, 0.3) is 0 Å². The summed E-state index contributed by atoms with van der Waals surface area (Å²) in [6.45, 7) is 14.2. The second-order valence-corrected chi connectivity index (χ2v) is 14.3. The zero-order valence-corrected chi connectivity index (χ0v) is 24.3. The summed E-state index contributed by atoms with van der Waals surface area (Å²) in [6.07, 6.45) is 3.51. The monoisotopic (exact) mass is 549 g/mol. The van der Waals surface area contributed by atoms with Crippen molar-refractivity contribution in [2.45, 2.75) is 77.3 Å². The van der Waals surface area contributed by atoms with Gasteiger partial charge in [-0.3, -0.25) is 13.9 Å². The maximum absolute atomic E-state index is 14.5. The van der Waals surface area contributed by atoms with Gasteiger partial charge in [0.2, 0.25) is 0 Å². The predicted molar refractivity (Wildman–Crippen MR) is 152 cm³/mol. The van der Waals surface area contributed by atoms with Crippen LogP contribution in [0.2, 0.25) is 0 Å². The Hall–Kier alpha value is -2.93. The molecule has 2 aromatic rings. The van der Waals surface area contributed by atoms with Crippen LogP contribution in [0.4, 0.5) is 5.69 Å². The summed E-state index contributed by atoms with van der Waals surface area (Å²) >= 11 is 0. The van der Waals surface area contributed by atoms with Crippen LogP contribution >= 0.6 is 0 Å². The highest BCUT2D eigenvalue weighted by Gasteiger charge is 2.70. The van der Waals surface area contributed by atoms with Gasteiger partial charge in [0.1, 0.15) is 17.8 Å². The summed E-state index contributed by atoms with van der Waals surface area (Å²) in [5, 5.41) is 0.